The highest BCUT2D eigenvalue weighted by Gasteiger charge is 2.35. The monoisotopic (exact) mass is 637 g/mol. The van der Waals surface area contributed by atoms with Crippen LogP contribution in [-0.2, 0) is 26.3 Å². The number of hydrogen-bond donors (Lipinski definition) is 0. The zero-order valence-electron chi connectivity index (χ0n) is 24.7. The molecule has 1 aliphatic rings. The Balaban J connectivity index is 1.14. The molecular weight excluding hydrogens is 611 g/mol. The largest absolute Gasteiger partial charge is 0.573 e. The number of halogens is 3. The van der Waals surface area contributed by atoms with Gasteiger partial charge in [0.05, 0.1) is 12.1 Å². The quantitative estimate of drug-likeness (QED) is 0.158. The summed E-state index contributed by atoms with van der Waals surface area (Å²) in [5.41, 5.74) is 4.49. The Morgan fingerprint density at radius 2 is 1.51 bits per heavy atom. The summed E-state index contributed by atoms with van der Waals surface area (Å²) in [6.07, 6.45) is -4.83. The van der Waals surface area contributed by atoms with Crippen LogP contribution in [0.25, 0.3) is 22.6 Å². The number of hydrogen-bond acceptors (Lipinski definition) is 7. The van der Waals surface area contributed by atoms with E-state index in [9.17, 15) is 18.0 Å². The van der Waals surface area contributed by atoms with E-state index in [1.54, 1.807) is 36.4 Å². The number of carbonyl (C=O) groups is 1. The van der Waals surface area contributed by atoms with Crippen LogP contribution in [0.4, 0.5) is 13.2 Å². The minimum Gasteiger partial charge on any atom is -0.473 e. The first kappa shape index (κ1) is 29.8. The van der Waals surface area contributed by atoms with Crippen LogP contribution in [0.5, 0.6) is 17.5 Å². The van der Waals surface area contributed by atoms with Crippen molar-refractivity contribution in [3.8, 4) is 29.0 Å². The van der Waals surface area contributed by atoms with Crippen LogP contribution >= 0.6 is 0 Å². The van der Waals surface area contributed by atoms with Crippen molar-refractivity contribution in [2.75, 3.05) is 0 Å². The van der Waals surface area contributed by atoms with E-state index in [1.807, 2.05) is 60.7 Å². The van der Waals surface area contributed by atoms with Gasteiger partial charge in [0.25, 0.3) is 5.91 Å². The standard InChI is InChI=1S/C36H26F3N3O5/c37-36(38,39)47-30-13-7-12-26-19-42(20-28(26)30)35(43)25-14-16-29-31(18-25)46-34(40-29)27-15-17-32(44-21-23-8-3-1-4-9-23)41-33(27)45-22-24-10-5-2-6-11-24/h1-18H,19-22H2. The summed E-state index contributed by atoms with van der Waals surface area (Å²) in [5.74, 6) is 0.176. The maximum Gasteiger partial charge on any atom is 0.573 e. The van der Waals surface area contributed by atoms with Crippen LogP contribution in [0.2, 0.25) is 0 Å². The minimum atomic E-state index is -4.83. The summed E-state index contributed by atoms with van der Waals surface area (Å²) >= 11 is 0. The normalized spacial score (nSPS) is 12.6. The number of fused-ring (bicyclic) bond motifs is 2. The zero-order valence-corrected chi connectivity index (χ0v) is 24.7. The Hall–Kier alpha value is -5.84. The average Bonchev–Trinajstić information content (AvgIpc) is 3.71. The van der Waals surface area contributed by atoms with Gasteiger partial charge in [0.2, 0.25) is 17.7 Å². The van der Waals surface area contributed by atoms with Gasteiger partial charge in [-0.15, -0.1) is 13.2 Å². The van der Waals surface area contributed by atoms with Crippen molar-refractivity contribution in [3.63, 3.8) is 0 Å². The number of ether oxygens (including phenoxy) is 3. The maximum absolute atomic E-state index is 13.5. The van der Waals surface area contributed by atoms with Gasteiger partial charge in [-0.2, -0.15) is 4.98 Å². The summed E-state index contributed by atoms with van der Waals surface area (Å²) in [7, 11) is 0. The molecule has 2 aromatic heterocycles. The molecule has 4 aromatic carbocycles. The predicted molar refractivity (Wildman–Crippen MR) is 165 cm³/mol. The fourth-order valence-electron chi connectivity index (χ4n) is 5.34. The number of nitrogens with zero attached hydrogens (tertiary/aromatic N) is 3. The molecule has 0 N–H and O–H groups in total. The van der Waals surface area contributed by atoms with Crippen molar-refractivity contribution in [2.24, 2.45) is 0 Å². The topological polar surface area (TPSA) is 86.9 Å². The molecule has 6 aromatic rings. The van der Waals surface area contributed by atoms with Gasteiger partial charge in [-0.05, 0) is 47.0 Å². The number of benzene rings is 4. The molecular formula is C36H26F3N3O5. The van der Waals surface area contributed by atoms with Gasteiger partial charge in [-0.25, -0.2) is 4.98 Å². The fourth-order valence-corrected chi connectivity index (χ4v) is 5.34. The van der Waals surface area contributed by atoms with E-state index in [-0.39, 0.29) is 43.1 Å². The number of alkyl halides is 3. The van der Waals surface area contributed by atoms with Crippen LogP contribution in [0.1, 0.15) is 32.6 Å². The van der Waals surface area contributed by atoms with Crippen molar-refractivity contribution in [1.29, 1.82) is 0 Å². The molecule has 0 saturated carbocycles. The lowest BCUT2D eigenvalue weighted by Gasteiger charge is -2.16. The lowest BCUT2D eigenvalue weighted by atomic mass is 10.1. The summed E-state index contributed by atoms with van der Waals surface area (Å²) in [6, 6.07) is 32.1. The molecule has 0 spiro atoms. The lowest BCUT2D eigenvalue weighted by Crippen LogP contribution is -2.25. The highest BCUT2D eigenvalue weighted by Crippen LogP contribution is 2.36. The molecule has 1 amide bonds. The summed E-state index contributed by atoms with van der Waals surface area (Å²) < 4.78 is 61.2. The third-order valence-electron chi connectivity index (χ3n) is 7.60. The van der Waals surface area contributed by atoms with Crippen molar-refractivity contribution in [2.45, 2.75) is 32.7 Å². The zero-order chi connectivity index (χ0) is 32.4. The summed E-state index contributed by atoms with van der Waals surface area (Å²) in [5, 5.41) is 0. The molecule has 11 heteroatoms. The second-order valence-electron chi connectivity index (χ2n) is 10.9. The molecule has 0 aliphatic carbocycles. The Kier molecular flexibility index (Phi) is 7.95. The Morgan fingerprint density at radius 1 is 0.787 bits per heavy atom. The number of rotatable bonds is 9. The van der Waals surface area contributed by atoms with Gasteiger partial charge >= 0.3 is 6.36 Å². The minimum absolute atomic E-state index is 0.0212. The molecule has 0 radical (unpaired) electrons. The smallest absolute Gasteiger partial charge is 0.473 e. The number of aromatic nitrogens is 2. The van der Waals surface area contributed by atoms with Crippen LogP contribution in [0.15, 0.2) is 114 Å². The van der Waals surface area contributed by atoms with E-state index in [4.69, 9.17) is 13.9 Å². The highest BCUT2D eigenvalue weighted by molar-refractivity contribution is 5.97. The summed E-state index contributed by atoms with van der Waals surface area (Å²) in [4.78, 5) is 24.2. The van der Waals surface area contributed by atoms with Gasteiger partial charge in [-0.3, -0.25) is 4.79 Å². The van der Waals surface area contributed by atoms with E-state index < -0.39 is 6.36 Å². The molecule has 0 bridgehead atoms. The first-order valence-electron chi connectivity index (χ1n) is 14.7. The van der Waals surface area contributed by atoms with Crippen molar-refractivity contribution >= 4 is 17.0 Å². The highest BCUT2D eigenvalue weighted by atomic mass is 19.4. The lowest BCUT2D eigenvalue weighted by molar-refractivity contribution is -0.274. The molecule has 7 rings (SSSR count). The van der Waals surface area contributed by atoms with E-state index in [0.717, 1.165) is 11.1 Å². The Morgan fingerprint density at radius 3 is 2.23 bits per heavy atom. The van der Waals surface area contributed by atoms with Crippen LogP contribution < -0.4 is 14.2 Å². The molecule has 8 nitrogen and oxygen atoms in total. The Bertz CT molecular complexity index is 2050. The molecule has 47 heavy (non-hydrogen) atoms. The van der Waals surface area contributed by atoms with Gasteiger partial charge < -0.3 is 23.5 Å². The molecule has 236 valence electrons. The second-order valence-corrected chi connectivity index (χ2v) is 10.9. The molecule has 3 heterocycles. The van der Waals surface area contributed by atoms with Crippen LogP contribution in [0.3, 0.4) is 0 Å². The van der Waals surface area contributed by atoms with Gasteiger partial charge in [-0.1, -0.05) is 72.8 Å². The predicted octanol–water partition coefficient (Wildman–Crippen LogP) is 8.10. The van der Waals surface area contributed by atoms with E-state index in [2.05, 4.69) is 14.7 Å². The number of carbonyl (C=O) groups excluding carboxylic acids is 1. The molecule has 0 unspecified atom stereocenters. The third kappa shape index (κ3) is 6.74. The van der Waals surface area contributed by atoms with Gasteiger partial charge in [0.15, 0.2) is 5.58 Å². The number of oxazole rings is 1. The van der Waals surface area contributed by atoms with E-state index >= 15 is 0 Å². The fraction of sp³-hybridized carbons (Fsp3) is 0.139. The molecule has 0 saturated heterocycles. The van der Waals surface area contributed by atoms with Crippen molar-refractivity contribution in [1.82, 2.24) is 14.9 Å². The van der Waals surface area contributed by atoms with Crippen LogP contribution in [0, 0.1) is 0 Å². The SMILES string of the molecule is O=C(c1ccc2nc(-c3ccc(OCc4ccccc4)nc3OCc3ccccc3)oc2c1)N1Cc2cccc(OC(F)(F)F)c2C1. The Labute approximate surface area is 267 Å². The van der Waals surface area contributed by atoms with Gasteiger partial charge in [0, 0.05) is 23.7 Å². The third-order valence-corrected chi connectivity index (χ3v) is 7.60. The van der Waals surface area contributed by atoms with Crippen LogP contribution in [-0.4, -0.2) is 27.1 Å². The van der Waals surface area contributed by atoms with Crippen molar-refractivity contribution in [3.05, 3.63) is 137 Å². The van der Waals surface area contributed by atoms with Crippen molar-refractivity contribution < 1.29 is 36.6 Å². The maximum atomic E-state index is 13.5. The average molecular weight is 638 g/mol. The second kappa shape index (κ2) is 12.5. The first-order valence-corrected chi connectivity index (χ1v) is 14.7. The molecule has 0 atom stereocenters. The number of pyridine rings is 1. The van der Waals surface area contributed by atoms with Gasteiger partial charge in [0.1, 0.15) is 24.5 Å². The number of amides is 1. The summed E-state index contributed by atoms with van der Waals surface area (Å²) in [6.45, 7) is 0.696. The van der Waals surface area contributed by atoms with E-state index in [1.165, 1.54) is 17.0 Å². The van der Waals surface area contributed by atoms with E-state index in [0.29, 0.717) is 45.8 Å². The first-order chi connectivity index (χ1) is 22.8. The molecule has 1 aliphatic heterocycles. The molecule has 0 fully saturated rings.